The van der Waals surface area contributed by atoms with Crippen molar-refractivity contribution in [3.63, 3.8) is 0 Å². The Morgan fingerprint density at radius 1 is 1.12 bits per heavy atom. The van der Waals surface area contributed by atoms with E-state index in [0.29, 0.717) is 24.8 Å². The van der Waals surface area contributed by atoms with Crippen LogP contribution in [0.15, 0.2) is 29.9 Å². The highest BCUT2D eigenvalue weighted by Gasteiger charge is 2.50. The predicted molar refractivity (Wildman–Crippen MR) is 125 cm³/mol. The van der Waals surface area contributed by atoms with Gasteiger partial charge >= 0.3 is 24.3 Å². The van der Waals surface area contributed by atoms with Gasteiger partial charge in [-0.25, -0.2) is 9.59 Å². The lowest BCUT2D eigenvalue weighted by Crippen LogP contribution is -2.38. The molecule has 2 fully saturated rings. The van der Waals surface area contributed by atoms with Crippen molar-refractivity contribution < 1.29 is 55.7 Å². The lowest BCUT2D eigenvalue weighted by molar-refractivity contribution is -0.193. The second-order valence-corrected chi connectivity index (χ2v) is 9.61. The Bertz CT molecular complexity index is 1100. The molecule has 2 aromatic rings. The molecule has 18 heteroatoms. The number of pyridine rings is 1. The van der Waals surface area contributed by atoms with Crippen molar-refractivity contribution in [1.82, 2.24) is 24.4 Å². The normalized spacial score (nSPS) is 20.9. The van der Waals surface area contributed by atoms with Crippen LogP contribution in [0.25, 0.3) is 0 Å². The van der Waals surface area contributed by atoms with Crippen LogP contribution in [0, 0.1) is 11.3 Å². The van der Waals surface area contributed by atoms with E-state index in [1.165, 1.54) is 11.5 Å². The van der Waals surface area contributed by atoms with Gasteiger partial charge in [0.25, 0.3) is 5.91 Å². The molecule has 0 radical (unpaired) electrons. The molecule has 40 heavy (non-hydrogen) atoms. The quantitative estimate of drug-likeness (QED) is 0.491. The van der Waals surface area contributed by atoms with Gasteiger partial charge in [0.2, 0.25) is 0 Å². The lowest BCUT2D eigenvalue weighted by atomic mass is 9.77. The number of carbonyl (C=O) groups excluding carboxylic acids is 1. The standard InChI is InChI=1S/C18H23N5O2S.2C2HF3O2/c1-22-8-15(10-25-9-14-3-2-5-19-7-14)18(12-22)4-6-23(13-18)17(24)16-11-26-21-20-16;2*3-2(4,5)1(6)7/h2-3,5,7,11,15H,4,6,8-10,12-13H2,1H3;2*(H,6,7)/t15-,18-;;/m1../s1. The van der Waals surface area contributed by atoms with E-state index in [-0.39, 0.29) is 11.3 Å². The second kappa shape index (κ2) is 13.8. The van der Waals surface area contributed by atoms with E-state index in [1.54, 1.807) is 11.6 Å². The van der Waals surface area contributed by atoms with E-state index in [2.05, 4.69) is 26.5 Å². The van der Waals surface area contributed by atoms with Crippen LogP contribution in [0.3, 0.4) is 0 Å². The Morgan fingerprint density at radius 3 is 2.25 bits per heavy atom. The Morgan fingerprint density at radius 2 is 1.75 bits per heavy atom. The molecule has 4 heterocycles. The minimum atomic E-state index is -5.08. The summed E-state index contributed by atoms with van der Waals surface area (Å²) in [6.07, 6.45) is -5.54. The molecule has 222 valence electrons. The summed E-state index contributed by atoms with van der Waals surface area (Å²) < 4.78 is 73.3. The molecule has 2 aromatic heterocycles. The smallest absolute Gasteiger partial charge is 0.475 e. The molecule has 2 saturated heterocycles. The first-order chi connectivity index (χ1) is 18.5. The average Bonchev–Trinajstić information content (AvgIpc) is 3.60. The number of amides is 1. The van der Waals surface area contributed by atoms with Gasteiger partial charge in [-0.05, 0) is 36.6 Å². The monoisotopic (exact) mass is 601 g/mol. The van der Waals surface area contributed by atoms with Gasteiger partial charge < -0.3 is 24.7 Å². The number of alkyl halides is 6. The third-order valence-corrected chi connectivity index (χ3v) is 6.53. The molecule has 2 aliphatic heterocycles. The van der Waals surface area contributed by atoms with E-state index in [1.807, 2.05) is 23.2 Å². The van der Waals surface area contributed by atoms with Gasteiger partial charge in [-0.2, -0.15) is 26.3 Å². The van der Waals surface area contributed by atoms with Crippen LogP contribution in [0.5, 0.6) is 0 Å². The average molecular weight is 602 g/mol. The van der Waals surface area contributed by atoms with Gasteiger partial charge in [0.15, 0.2) is 5.69 Å². The van der Waals surface area contributed by atoms with Crippen LogP contribution in [-0.4, -0.2) is 105 Å². The van der Waals surface area contributed by atoms with Gasteiger partial charge in [-0.15, -0.1) is 5.10 Å². The van der Waals surface area contributed by atoms with Crippen LogP contribution in [0.1, 0.15) is 22.5 Å². The highest BCUT2D eigenvalue weighted by atomic mass is 32.1. The summed E-state index contributed by atoms with van der Waals surface area (Å²) in [5.74, 6) is -5.09. The molecule has 0 saturated carbocycles. The zero-order valence-corrected chi connectivity index (χ0v) is 21.7. The number of rotatable bonds is 5. The highest BCUT2D eigenvalue weighted by Crippen LogP contribution is 2.44. The number of likely N-dealkylation sites (tertiary alicyclic amines) is 2. The molecule has 2 N–H and O–H groups in total. The second-order valence-electron chi connectivity index (χ2n) is 9.01. The van der Waals surface area contributed by atoms with Crippen molar-refractivity contribution in [2.75, 3.05) is 39.8 Å². The third kappa shape index (κ3) is 9.67. The van der Waals surface area contributed by atoms with E-state index >= 15 is 0 Å². The van der Waals surface area contributed by atoms with E-state index in [4.69, 9.17) is 24.5 Å². The number of carboxylic acid groups (broad SMARTS) is 2. The van der Waals surface area contributed by atoms with Crippen molar-refractivity contribution in [1.29, 1.82) is 0 Å². The van der Waals surface area contributed by atoms with Crippen molar-refractivity contribution in [3.8, 4) is 0 Å². The Hall–Kier alpha value is -3.38. The number of aliphatic carboxylic acids is 2. The molecule has 4 rings (SSSR count). The molecule has 0 aliphatic carbocycles. The first kappa shape index (κ1) is 32.8. The molecular formula is C22H25F6N5O6S. The van der Waals surface area contributed by atoms with Crippen LogP contribution in [0.2, 0.25) is 0 Å². The summed E-state index contributed by atoms with van der Waals surface area (Å²) in [5, 5.41) is 19.9. The number of carboxylic acids is 2. The number of halogens is 6. The van der Waals surface area contributed by atoms with Gasteiger partial charge in [-0.1, -0.05) is 10.6 Å². The number of hydrogen-bond donors (Lipinski definition) is 2. The number of carbonyl (C=O) groups is 3. The summed E-state index contributed by atoms with van der Waals surface area (Å²) in [6, 6.07) is 3.96. The van der Waals surface area contributed by atoms with Gasteiger partial charge in [0.1, 0.15) is 0 Å². The summed E-state index contributed by atoms with van der Waals surface area (Å²) in [7, 11) is 2.15. The number of nitrogens with zero attached hydrogens (tertiary/aromatic N) is 5. The molecule has 1 spiro atoms. The zero-order valence-electron chi connectivity index (χ0n) is 20.9. The number of hydrogen-bond acceptors (Lipinski definition) is 9. The van der Waals surface area contributed by atoms with Crippen molar-refractivity contribution in [2.45, 2.75) is 25.4 Å². The van der Waals surface area contributed by atoms with Gasteiger partial charge in [0, 0.05) is 55.3 Å². The van der Waals surface area contributed by atoms with Crippen LogP contribution >= 0.6 is 11.5 Å². The molecular weight excluding hydrogens is 576 g/mol. The molecule has 1 amide bonds. The lowest BCUT2D eigenvalue weighted by Gasteiger charge is -2.30. The van der Waals surface area contributed by atoms with Gasteiger partial charge in [0.05, 0.1) is 13.2 Å². The summed E-state index contributed by atoms with van der Waals surface area (Å²) in [5.41, 5.74) is 1.66. The SMILES string of the molecule is CN1C[C@H](COCc2cccnc2)[C@]2(CCN(C(=O)c3csnn3)C2)C1.O=C(O)C(F)(F)F.O=C(O)C(F)(F)F. The first-order valence-corrected chi connectivity index (χ1v) is 12.2. The Labute approximate surface area is 227 Å². The largest absolute Gasteiger partial charge is 0.490 e. The molecule has 0 bridgehead atoms. The summed E-state index contributed by atoms with van der Waals surface area (Å²) >= 11 is 1.22. The minimum Gasteiger partial charge on any atom is -0.475 e. The van der Waals surface area contributed by atoms with Crippen molar-refractivity contribution in [3.05, 3.63) is 41.2 Å². The molecule has 11 nitrogen and oxygen atoms in total. The number of aromatic nitrogens is 3. The first-order valence-electron chi connectivity index (χ1n) is 11.4. The van der Waals surface area contributed by atoms with Gasteiger partial charge in [-0.3, -0.25) is 9.78 Å². The molecule has 0 aromatic carbocycles. The van der Waals surface area contributed by atoms with Crippen LogP contribution < -0.4 is 0 Å². The van der Waals surface area contributed by atoms with Crippen LogP contribution in [-0.2, 0) is 20.9 Å². The maximum atomic E-state index is 12.6. The van der Waals surface area contributed by atoms with Crippen LogP contribution in [0.4, 0.5) is 26.3 Å². The molecule has 0 unspecified atom stereocenters. The van der Waals surface area contributed by atoms with Crippen molar-refractivity contribution in [2.24, 2.45) is 11.3 Å². The highest BCUT2D eigenvalue weighted by molar-refractivity contribution is 7.03. The maximum Gasteiger partial charge on any atom is 0.490 e. The Balaban J connectivity index is 0.000000333. The third-order valence-electron chi connectivity index (χ3n) is 6.03. The summed E-state index contributed by atoms with van der Waals surface area (Å²) in [4.78, 5) is 38.8. The van der Waals surface area contributed by atoms with E-state index in [0.717, 1.165) is 38.2 Å². The van der Waals surface area contributed by atoms with E-state index < -0.39 is 24.3 Å². The summed E-state index contributed by atoms with van der Waals surface area (Å²) in [6.45, 7) is 4.86. The fourth-order valence-electron chi connectivity index (χ4n) is 4.28. The van der Waals surface area contributed by atoms with Crippen molar-refractivity contribution >= 4 is 29.4 Å². The minimum absolute atomic E-state index is 0.000191. The fraction of sp³-hybridized carbons (Fsp3) is 0.545. The van der Waals surface area contributed by atoms with E-state index in [9.17, 15) is 31.1 Å². The number of ether oxygens (including phenoxy) is 1. The maximum absolute atomic E-state index is 12.6. The molecule has 2 aliphatic rings. The molecule has 2 atom stereocenters. The topological polar surface area (TPSA) is 146 Å². The fourth-order valence-corrected chi connectivity index (χ4v) is 4.71. The predicted octanol–water partition coefficient (Wildman–Crippen LogP) is 2.81. The Kier molecular flexibility index (Phi) is 11.3. The zero-order chi connectivity index (χ0) is 30.1.